The molecular weight excluding hydrogens is 176 g/mol. The molecule has 0 radical (unpaired) electrons. The highest BCUT2D eigenvalue weighted by Crippen LogP contribution is 1.86. The van der Waals surface area contributed by atoms with E-state index in [1.165, 1.54) is 6.92 Å². The summed E-state index contributed by atoms with van der Waals surface area (Å²) in [7, 11) is 0. The van der Waals surface area contributed by atoms with Crippen molar-refractivity contribution in [3.05, 3.63) is 12.2 Å². The van der Waals surface area contributed by atoms with Crippen molar-refractivity contribution in [2.45, 2.75) is 26.7 Å². The van der Waals surface area contributed by atoms with E-state index < -0.39 is 11.9 Å². The Hall–Kier alpha value is -1.36. The van der Waals surface area contributed by atoms with E-state index in [2.05, 4.69) is 11.5 Å². The predicted molar refractivity (Wildman–Crippen MR) is 46.1 cm³/mol. The number of carbonyl (C=O) groups is 2. The Balaban J connectivity index is 0. The highest BCUT2D eigenvalue weighted by molar-refractivity contribution is 5.84. The third kappa shape index (κ3) is 13.6. The van der Waals surface area contributed by atoms with Gasteiger partial charge in [-0.25, -0.2) is 9.59 Å². The van der Waals surface area contributed by atoms with Crippen molar-refractivity contribution in [1.29, 1.82) is 0 Å². The summed E-state index contributed by atoms with van der Waals surface area (Å²) in [6, 6.07) is 0. The fourth-order valence-electron chi connectivity index (χ4n) is 0.250. The van der Waals surface area contributed by atoms with E-state index in [1.54, 1.807) is 0 Å². The Kier molecular flexibility index (Phi) is 9.53. The second-order valence-corrected chi connectivity index (χ2v) is 2.30. The average Bonchev–Trinajstić information content (AvgIpc) is 2.05. The second-order valence-electron chi connectivity index (χ2n) is 2.30. The molecule has 2 N–H and O–H groups in total. The van der Waals surface area contributed by atoms with E-state index in [-0.39, 0.29) is 12.0 Å². The molecule has 0 aliphatic rings. The van der Waals surface area contributed by atoms with Crippen LogP contribution in [0.2, 0.25) is 0 Å². The number of aliphatic carboxylic acids is 1. The molecule has 0 rings (SSSR count). The number of carboxylic acid groups (broad SMARTS) is 1. The normalized spacial score (nSPS) is 7.92. The molecule has 0 unspecified atom stereocenters. The van der Waals surface area contributed by atoms with Gasteiger partial charge in [-0.3, -0.25) is 0 Å². The third-order valence-corrected chi connectivity index (χ3v) is 0.921. The lowest BCUT2D eigenvalue weighted by atomic mass is 10.3. The molecule has 0 fully saturated rings. The molecule has 0 bridgehead atoms. The molecule has 0 aromatic rings. The smallest absolute Gasteiger partial charge is 0.342 e. The minimum atomic E-state index is -0.935. The van der Waals surface area contributed by atoms with Crippen LogP contribution in [0.3, 0.4) is 0 Å². The van der Waals surface area contributed by atoms with E-state index in [0.29, 0.717) is 6.42 Å². The van der Waals surface area contributed by atoms with Gasteiger partial charge in [-0.05, 0) is 13.3 Å². The summed E-state index contributed by atoms with van der Waals surface area (Å²) >= 11 is 0. The molecule has 0 saturated carbocycles. The van der Waals surface area contributed by atoms with Crippen molar-refractivity contribution in [1.82, 2.24) is 0 Å². The molecule has 0 aromatic heterocycles. The number of hydrogen-bond donors (Lipinski definition) is 2. The summed E-state index contributed by atoms with van der Waals surface area (Å²) in [5.74, 6) is -1.50. The van der Waals surface area contributed by atoms with Crippen molar-refractivity contribution in [3.8, 4) is 0 Å². The van der Waals surface area contributed by atoms with Gasteiger partial charge in [-0.1, -0.05) is 13.5 Å². The van der Waals surface area contributed by atoms with Crippen LogP contribution in [0.5, 0.6) is 0 Å². The van der Waals surface area contributed by atoms with Crippen molar-refractivity contribution in [2.24, 2.45) is 0 Å². The van der Waals surface area contributed by atoms with Crippen molar-refractivity contribution >= 4 is 11.9 Å². The van der Waals surface area contributed by atoms with Gasteiger partial charge in [-0.2, -0.15) is 5.26 Å². The maximum atomic E-state index is 9.94. The Morgan fingerprint density at radius 1 is 1.46 bits per heavy atom. The molecule has 0 saturated heterocycles. The molecule has 0 aliphatic carbocycles. The van der Waals surface area contributed by atoms with Crippen LogP contribution < -0.4 is 0 Å². The minimum absolute atomic E-state index is 0.176. The molecular formula is C8H14O5. The molecule has 0 heterocycles. The number of carbonyl (C=O) groups excluding carboxylic acids is 1. The van der Waals surface area contributed by atoms with Crippen LogP contribution in [-0.4, -0.2) is 22.3 Å². The predicted octanol–water partition coefficient (Wildman–Crippen LogP) is 1.45. The third-order valence-electron chi connectivity index (χ3n) is 0.921. The topological polar surface area (TPSA) is 83.8 Å². The Labute approximate surface area is 76.6 Å². The number of hydrogen-bond acceptors (Lipinski definition) is 4. The lowest BCUT2D eigenvalue weighted by molar-refractivity contribution is -0.234. The van der Waals surface area contributed by atoms with Crippen LogP contribution in [0.1, 0.15) is 26.7 Å². The van der Waals surface area contributed by atoms with Crippen molar-refractivity contribution < 1.29 is 24.8 Å². The van der Waals surface area contributed by atoms with Gasteiger partial charge in [0.15, 0.2) is 0 Å². The molecule has 0 spiro atoms. The van der Waals surface area contributed by atoms with E-state index in [9.17, 15) is 9.59 Å². The van der Waals surface area contributed by atoms with Gasteiger partial charge < -0.3 is 9.99 Å². The molecule has 0 atom stereocenters. The van der Waals surface area contributed by atoms with Gasteiger partial charge >= 0.3 is 11.9 Å². The lowest BCUT2D eigenvalue weighted by Gasteiger charge is -1.87. The number of carboxylic acids is 1. The van der Waals surface area contributed by atoms with Crippen molar-refractivity contribution in [2.75, 3.05) is 0 Å². The average molecular weight is 190 g/mol. The zero-order chi connectivity index (χ0) is 10.9. The van der Waals surface area contributed by atoms with E-state index >= 15 is 0 Å². The summed E-state index contributed by atoms with van der Waals surface area (Å²) < 4.78 is 0. The van der Waals surface area contributed by atoms with E-state index in [0.717, 1.165) is 0 Å². The number of rotatable bonds is 3. The standard InChI is InChI=1S/C4H8O3.C4H6O2/c1-2-3-4(5)7-6;1-3(2)4(5)6/h6H,2-3H2,1H3;1H2,2H3,(H,5,6). The van der Waals surface area contributed by atoms with Gasteiger partial charge in [0.25, 0.3) is 0 Å². The Morgan fingerprint density at radius 3 is 1.92 bits per heavy atom. The van der Waals surface area contributed by atoms with Gasteiger partial charge in [-0.15, -0.1) is 0 Å². The fraction of sp³-hybridized carbons (Fsp3) is 0.500. The van der Waals surface area contributed by atoms with Crippen LogP contribution in [0, 0.1) is 0 Å². The van der Waals surface area contributed by atoms with Crippen LogP contribution in [-0.2, 0) is 14.5 Å². The largest absolute Gasteiger partial charge is 0.478 e. The molecule has 0 amide bonds. The first-order valence-electron chi connectivity index (χ1n) is 3.68. The molecule has 0 aliphatic heterocycles. The van der Waals surface area contributed by atoms with Gasteiger partial charge in [0.2, 0.25) is 0 Å². The van der Waals surface area contributed by atoms with Crippen LogP contribution in [0.15, 0.2) is 12.2 Å². The maximum Gasteiger partial charge on any atom is 0.342 e. The first kappa shape index (κ1) is 14.2. The summed E-state index contributed by atoms with van der Waals surface area (Å²) in [6.45, 7) is 6.43. The van der Waals surface area contributed by atoms with Crippen LogP contribution in [0.4, 0.5) is 0 Å². The zero-order valence-corrected chi connectivity index (χ0v) is 7.74. The Morgan fingerprint density at radius 2 is 1.85 bits per heavy atom. The first-order chi connectivity index (χ1) is 5.95. The van der Waals surface area contributed by atoms with E-state index in [4.69, 9.17) is 10.4 Å². The molecule has 76 valence electrons. The van der Waals surface area contributed by atoms with Gasteiger partial charge in [0.1, 0.15) is 0 Å². The summed E-state index contributed by atoms with van der Waals surface area (Å²) in [4.78, 5) is 22.9. The molecule has 5 heteroatoms. The first-order valence-corrected chi connectivity index (χ1v) is 3.68. The quantitative estimate of drug-likeness (QED) is 0.399. The monoisotopic (exact) mass is 190 g/mol. The fourth-order valence-corrected chi connectivity index (χ4v) is 0.250. The minimum Gasteiger partial charge on any atom is -0.478 e. The molecule has 5 nitrogen and oxygen atoms in total. The van der Waals surface area contributed by atoms with Crippen molar-refractivity contribution in [3.63, 3.8) is 0 Å². The van der Waals surface area contributed by atoms with Crippen LogP contribution in [0.25, 0.3) is 0 Å². The SMILES string of the molecule is C=C(C)C(=O)O.CCCC(=O)OO. The zero-order valence-electron chi connectivity index (χ0n) is 7.74. The van der Waals surface area contributed by atoms with Gasteiger partial charge in [0, 0.05) is 12.0 Å². The lowest BCUT2D eigenvalue weighted by Crippen LogP contribution is -1.97. The molecule has 13 heavy (non-hydrogen) atoms. The second kappa shape index (κ2) is 8.73. The highest BCUT2D eigenvalue weighted by Gasteiger charge is 1.95. The summed E-state index contributed by atoms with van der Waals surface area (Å²) in [5.41, 5.74) is 0.176. The summed E-state index contributed by atoms with van der Waals surface area (Å²) in [6.07, 6.45) is 0.996. The highest BCUT2D eigenvalue weighted by atomic mass is 17.1. The summed E-state index contributed by atoms with van der Waals surface area (Å²) in [5, 5.41) is 15.5. The van der Waals surface area contributed by atoms with Crippen LogP contribution >= 0.6 is 0 Å². The Bertz CT molecular complexity index is 173. The van der Waals surface area contributed by atoms with E-state index in [1.807, 2.05) is 6.92 Å². The molecule has 0 aromatic carbocycles. The maximum absolute atomic E-state index is 9.94. The van der Waals surface area contributed by atoms with Gasteiger partial charge in [0.05, 0.1) is 0 Å².